The summed E-state index contributed by atoms with van der Waals surface area (Å²) >= 11 is 1.35. The second-order valence-corrected chi connectivity index (χ2v) is 4.77. The van der Waals surface area contributed by atoms with Gasteiger partial charge in [-0.15, -0.1) is 11.3 Å². The van der Waals surface area contributed by atoms with Gasteiger partial charge in [-0.05, 0) is 13.3 Å². The van der Waals surface area contributed by atoms with Gasteiger partial charge in [0.1, 0.15) is 0 Å². The lowest BCUT2D eigenvalue weighted by Gasteiger charge is -2.07. The maximum absolute atomic E-state index is 11.4. The van der Waals surface area contributed by atoms with Crippen molar-refractivity contribution in [2.45, 2.75) is 26.4 Å². The number of aryl methyl sites for hydroxylation is 2. The number of hydrogen-bond acceptors (Lipinski definition) is 5. The molecular formula is C10H15N3O4S. The molecule has 0 saturated heterocycles. The minimum Gasteiger partial charge on any atom is -0.479 e. The smallest absolute Gasteiger partial charge is 0.334 e. The van der Waals surface area contributed by atoms with Gasteiger partial charge in [0.2, 0.25) is 0 Å². The van der Waals surface area contributed by atoms with Crippen molar-refractivity contribution in [2.75, 3.05) is 11.9 Å². The summed E-state index contributed by atoms with van der Waals surface area (Å²) in [5.74, 6) is -1.38. The number of thiazole rings is 1. The molecule has 1 aromatic heterocycles. The van der Waals surface area contributed by atoms with Crippen molar-refractivity contribution in [1.82, 2.24) is 10.3 Å². The molecule has 0 radical (unpaired) electrons. The highest BCUT2D eigenvalue weighted by molar-refractivity contribution is 7.15. The Balaban J connectivity index is 2.47. The summed E-state index contributed by atoms with van der Waals surface area (Å²) in [5.41, 5.74) is 0.917. The van der Waals surface area contributed by atoms with Crippen LogP contribution in [0.3, 0.4) is 0 Å². The molecule has 4 N–H and O–H groups in total. The van der Waals surface area contributed by atoms with Gasteiger partial charge in [-0.1, -0.05) is 6.92 Å². The summed E-state index contributed by atoms with van der Waals surface area (Å²) in [6, 6.07) is -0.591. The number of anilines is 1. The van der Waals surface area contributed by atoms with E-state index in [-0.39, 0.29) is 6.54 Å². The SMILES string of the molecule is CCc1nc(NC(=O)NCC(O)C(=O)O)sc1C. The number of aliphatic hydroxyl groups is 1. The Bertz CT molecular complexity index is 446. The number of carbonyl (C=O) groups excluding carboxylic acids is 1. The van der Waals surface area contributed by atoms with E-state index in [4.69, 9.17) is 10.2 Å². The van der Waals surface area contributed by atoms with Crippen LogP contribution in [0.15, 0.2) is 0 Å². The summed E-state index contributed by atoms with van der Waals surface area (Å²) in [6.07, 6.45) is -0.830. The molecule has 1 rings (SSSR count). The number of aliphatic carboxylic acids is 1. The van der Waals surface area contributed by atoms with Crippen molar-refractivity contribution in [3.05, 3.63) is 10.6 Å². The molecule has 0 aliphatic heterocycles. The van der Waals surface area contributed by atoms with E-state index in [9.17, 15) is 9.59 Å². The maximum atomic E-state index is 11.4. The molecule has 1 unspecified atom stereocenters. The number of carbonyl (C=O) groups is 2. The number of carboxylic acid groups (broad SMARTS) is 1. The van der Waals surface area contributed by atoms with Gasteiger partial charge in [0.05, 0.1) is 12.2 Å². The second-order valence-electron chi connectivity index (χ2n) is 3.56. The lowest BCUT2D eigenvalue weighted by atomic mass is 10.3. The van der Waals surface area contributed by atoms with Crippen LogP contribution in [0.5, 0.6) is 0 Å². The van der Waals surface area contributed by atoms with E-state index in [2.05, 4.69) is 15.6 Å². The molecule has 0 bridgehead atoms. The van der Waals surface area contributed by atoms with Crippen molar-refractivity contribution in [3.63, 3.8) is 0 Å². The summed E-state index contributed by atoms with van der Waals surface area (Å²) < 4.78 is 0. The molecular weight excluding hydrogens is 258 g/mol. The Morgan fingerprint density at radius 2 is 2.17 bits per heavy atom. The first-order valence-corrected chi connectivity index (χ1v) is 6.17. The molecule has 0 aliphatic carbocycles. The topological polar surface area (TPSA) is 112 Å². The van der Waals surface area contributed by atoms with E-state index < -0.39 is 18.1 Å². The van der Waals surface area contributed by atoms with Crippen LogP contribution in [-0.4, -0.2) is 39.8 Å². The number of aliphatic hydroxyl groups excluding tert-OH is 1. The average Bonchev–Trinajstić information content (AvgIpc) is 2.66. The highest BCUT2D eigenvalue weighted by Crippen LogP contribution is 2.21. The number of hydrogen-bond donors (Lipinski definition) is 4. The fraction of sp³-hybridized carbons (Fsp3) is 0.500. The van der Waals surface area contributed by atoms with Gasteiger partial charge in [0.25, 0.3) is 0 Å². The molecule has 1 atom stereocenters. The molecule has 100 valence electrons. The molecule has 1 aromatic rings. The maximum Gasteiger partial charge on any atom is 0.334 e. The van der Waals surface area contributed by atoms with Crippen LogP contribution < -0.4 is 10.6 Å². The number of rotatable bonds is 5. The van der Waals surface area contributed by atoms with Crippen LogP contribution >= 0.6 is 11.3 Å². The first-order valence-electron chi connectivity index (χ1n) is 5.36. The Morgan fingerprint density at radius 1 is 1.50 bits per heavy atom. The van der Waals surface area contributed by atoms with Crippen molar-refractivity contribution >= 4 is 28.5 Å². The molecule has 2 amide bonds. The minimum absolute atomic E-state index is 0.355. The summed E-state index contributed by atoms with van der Waals surface area (Å²) in [4.78, 5) is 26.9. The van der Waals surface area contributed by atoms with Crippen molar-refractivity contribution in [3.8, 4) is 0 Å². The van der Waals surface area contributed by atoms with Gasteiger partial charge < -0.3 is 15.5 Å². The van der Waals surface area contributed by atoms with Gasteiger partial charge in [0.15, 0.2) is 11.2 Å². The third-order valence-electron chi connectivity index (χ3n) is 2.19. The quantitative estimate of drug-likeness (QED) is 0.627. The predicted octanol–water partition coefficient (Wildman–Crippen LogP) is 0.581. The van der Waals surface area contributed by atoms with Crippen LogP contribution in [0.4, 0.5) is 9.93 Å². The molecule has 0 aromatic carbocycles. The second kappa shape index (κ2) is 6.31. The molecule has 0 spiro atoms. The van der Waals surface area contributed by atoms with E-state index in [1.807, 2.05) is 13.8 Å². The predicted molar refractivity (Wildman–Crippen MR) is 66.9 cm³/mol. The number of nitrogens with zero attached hydrogens (tertiary/aromatic N) is 1. The highest BCUT2D eigenvalue weighted by atomic mass is 32.1. The van der Waals surface area contributed by atoms with Crippen LogP contribution in [0.1, 0.15) is 17.5 Å². The van der Waals surface area contributed by atoms with Crippen molar-refractivity contribution in [2.24, 2.45) is 0 Å². The summed E-state index contributed by atoms with van der Waals surface area (Å²) in [5, 5.41) is 22.6. The Morgan fingerprint density at radius 3 is 2.67 bits per heavy atom. The minimum atomic E-state index is -1.61. The number of amides is 2. The Hall–Kier alpha value is -1.67. The van der Waals surface area contributed by atoms with Crippen LogP contribution in [0.25, 0.3) is 0 Å². The zero-order chi connectivity index (χ0) is 13.7. The highest BCUT2D eigenvalue weighted by Gasteiger charge is 2.15. The zero-order valence-corrected chi connectivity index (χ0v) is 10.9. The molecule has 8 heteroatoms. The lowest BCUT2D eigenvalue weighted by Crippen LogP contribution is -2.38. The average molecular weight is 273 g/mol. The first kappa shape index (κ1) is 14.4. The summed E-state index contributed by atoms with van der Waals surface area (Å²) in [6.45, 7) is 3.52. The zero-order valence-electron chi connectivity index (χ0n) is 10.1. The van der Waals surface area contributed by atoms with Crippen LogP contribution in [-0.2, 0) is 11.2 Å². The van der Waals surface area contributed by atoms with E-state index in [1.165, 1.54) is 11.3 Å². The number of urea groups is 1. The fourth-order valence-electron chi connectivity index (χ4n) is 1.23. The van der Waals surface area contributed by atoms with Gasteiger partial charge >= 0.3 is 12.0 Å². The van der Waals surface area contributed by atoms with Gasteiger partial charge in [-0.3, -0.25) is 5.32 Å². The number of carboxylic acids is 1. The van der Waals surface area contributed by atoms with E-state index >= 15 is 0 Å². The lowest BCUT2D eigenvalue weighted by molar-refractivity contribution is -0.146. The largest absolute Gasteiger partial charge is 0.479 e. The standard InChI is InChI=1S/C10H15N3O4S/c1-3-6-5(2)18-10(12-6)13-9(17)11-4-7(14)8(15)16/h7,14H,3-4H2,1-2H3,(H,15,16)(H2,11,12,13,17). The number of aromatic nitrogens is 1. The third-order valence-corrected chi connectivity index (χ3v) is 3.12. The monoisotopic (exact) mass is 273 g/mol. The molecule has 0 fully saturated rings. The van der Waals surface area contributed by atoms with E-state index in [1.54, 1.807) is 0 Å². The van der Waals surface area contributed by atoms with Crippen molar-refractivity contribution in [1.29, 1.82) is 0 Å². The first-order chi connectivity index (χ1) is 8.43. The normalized spacial score (nSPS) is 11.9. The Kier molecular flexibility index (Phi) is 5.05. The summed E-state index contributed by atoms with van der Waals surface area (Å²) in [7, 11) is 0. The molecule has 1 heterocycles. The molecule has 7 nitrogen and oxygen atoms in total. The number of nitrogens with one attached hydrogen (secondary N) is 2. The van der Waals surface area contributed by atoms with Gasteiger partial charge in [-0.2, -0.15) is 0 Å². The fourth-order valence-corrected chi connectivity index (χ4v) is 2.12. The molecule has 0 aliphatic rings. The Labute approximate surface area is 108 Å². The van der Waals surface area contributed by atoms with Crippen LogP contribution in [0, 0.1) is 6.92 Å². The van der Waals surface area contributed by atoms with E-state index in [0.29, 0.717) is 5.13 Å². The van der Waals surface area contributed by atoms with E-state index in [0.717, 1.165) is 17.0 Å². The molecule has 0 saturated carbocycles. The van der Waals surface area contributed by atoms with Gasteiger partial charge in [0, 0.05) is 4.88 Å². The molecule has 18 heavy (non-hydrogen) atoms. The van der Waals surface area contributed by atoms with Crippen LogP contribution in [0.2, 0.25) is 0 Å². The third kappa shape index (κ3) is 3.97. The van der Waals surface area contributed by atoms with Gasteiger partial charge in [-0.25, -0.2) is 14.6 Å². The van der Waals surface area contributed by atoms with Crippen molar-refractivity contribution < 1.29 is 19.8 Å².